The second-order valence-electron chi connectivity index (χ2n) is 2.93. The Kier molecular flexibility index (Phi) is 2.75. The van der Waals surface area contributed by atoms with Gasteiger partial charge >= 0.3 is 0 Å². The Morgan fingerprint density at radius 3 is 2.67 bits per heavy atom. The van der Waals surface area contributed by atoms with Crippen molar-refractivity contribution in [3.8, 4) is 0 Å². The average Bonchev–Trinajstić information content (AvgIpc) is 2.58. The first-order valence-electron chi connectivity index (χ1n) is 4.12. The fourth-order valence-corrected chi connectivity index (χ4v) is 1.44. The first-order valence-corrected chi connectivity index (χ1v) is 4.88. The monoisotopic (exact) mass is 243 g/mol. The smallest absolute Gasteiger partial charge is 0.260 e. The van der Waals surface area contributed by atoms with Crippen LogP contribution < -0.4 is 5.73 Å². The topological polar surface area (TPSA) is 69.6 Å². The van der Waals surface area contributed by atoms with Gasteiger partial charge in [0.05, 0.1) is 16.6 Å². The number of rotatable bonds is 2. The zero-order chi connectivity index (χ0) is 10.8. The van der Waals surface area contributed by atoms with Gasteiger partial charge in [-0.05, 0) is 22.9 Å². The lowest BCUT2D eigenvalue weighted by atomic mass is 10.2. The normalized spacial score (nSPS) is 10.5. The van der Waals surface area contributed by atoms with Crippen LogP contribution in [0.2, 0.25) is 10.0 Å². The van der Waals surface area contributed by atoms with E-state index in [1.54, 1.807) is 12.1 Å². The molecule has 0 amide bonds. The van der Waals surface area contributed by atoms with E-state index in [4.69, 9.17) is 28.9 Å². The molecule has 0 spiro atoms. The average molecular weight is 244 g/mol. The molecule has 0 saturated heterocycles. The summed E-state index contributed by atoms with van der Waals surface area (Å²) >= 11 is 11.6. The molecule has 1 aromatic carbocycles. The molecule has 0 saturated carbocycles. The lowest BCUT2D eigenvalue weighted by Crippen LogP contribution is -2.04. The minimum Gasteiger partial charge on any atom is -0.365 e. The maximum absolute atomic E-state index is 5.86. The van der Waals surface area contributed by atoms with Crippen LogP contribution in [0.15, 0.2) is 18.2 Å². The Balaban J connectivity index is 2.21. The first-order chi connectivity index (χ1) is 7.15. The lowest BCUT2D eigenvalue weighted by molar-refractivity contribution is 0.573. The van der Waals surface area contributed by atoms with Crippen LogP contribution in [0, 0.1) is 0 Å². The van der Waals surface area contributed by atoms with E-state index in [-0.39, 0.29) is 5.95 Å². The van der Waals surface area contributed by atoms with Gasteiger partial charge in [0.2, 0.25) is 0 Å². The Bertz CT molecular complexity index is 482. The summed E-state index contributed by atoms with van der Waals surface area (Å²) in [6, 6.07) is 5.32. The molecule has 0 bridgehead atoms. The highest BCUT2D eigenvalue weighted by molar-refractivity contribution is 6.42. The molecule has 2 aromatic rings. The molecule has 15 heavy (non-hydrogen) atoms. The third kappa shape index (κ3) is 2.37. The summed E-state index contributed by atoms with van der Waals surface area (Å²) in [4.78, 5) is 1.38. The van der Waals surface area contributed by atoms with Crippen LogP contribution in [0.5, 0.6) is 0 Å². The molecule has 0 atom stereocenters. The fourth-order valence-electron chi connectivity index (χ4n) is 1.12. The molecule has 1 heterocycles. The van der Waals surface area contributed by atoms with Crippen molar-refractivity contribution >= 4 is 29.2 Å². The van der Waals surface area contributed by atoms with E-state index in [1.807, 2.05) is 6.07 Å². The quantitative estimate of drug-likeness (QED) is 0.871. The number of nitrogens with two attached hydrogens (primary N) is 1. The zero-order valence-corrected chi connectivity index (χ0v) is 9.07. The van der Waals surface area contributed by atoms with Crippen LogP contribution in [0.1, 0.15) is 5.56 Å². The van der Waals surface area contributed by atoms with Gasteiger partial charge in [-0.25, -0.2) is 0 Å². The molecule has 0 unspecified atom stereocenters. The van der Waals surface area contributed by atoms with Crippen molar-refractivity contribution in [3.63, 3.8) is 0 Å². The minimum atomic E-state index is 0.148. The zero-order valence-electron chi connectivity index (χ0n) is 7.56. The number of halogens is 2. The molecule has 0 aliphatic carbocycles. The summed E-state index contributed by atoms with van der Waals surface area (Å²) in [6.07, 6.45) is 0. The Hall–Kier alpha value is -1.33. The molecule has 5 nitrogen and oxygen atoms in total. The van der Waals surface area contributed by atoms with Crippen molar-refractivity contribution < 1.29 is 0 Å². The van der Waals surface area contributed by atoms with Gasteiger partial charge in [0, 0.05) is 0 Å². The second kappa shape index (κ2) is 4.04. The van der Waals surface area contributed by atoms with Gasteiger partial charge in [-0.2, -0.15) is 4.80 Å². The maximum Gasteiger partial charge on any atom is 0.260 e. The third-order valence-electron chi connectivity index (χ3n) is 1.78. The van der Waals surface area contributed by atoms with E-state index in [1.165, 1.54) is 4.80 Å². The molecular formula is C8H7Cl2N5. The van der Waals surface area contributed by atoms with Crippen molar-refractivity contribution in [2.75, 3.05) is 5.73 Å². The number of nitrogens with zero attached hydrogens (tertiary/aromatic N) is 4. The second-order valence-corrected chi connectivity index (χ2v) is 3.74. The summed E-state index contributed by atoms with van der Waals surface area (Å²) in [5, 5.41) is 12.2. The van der Waals surface area contributed by atoms with Crippen LogP contribution in [0.25, 0.3) is 0 Å². The summed E-state index contributed by atoms with van der Waals surface area (Å²) in [6.45, 7) is 0.459. The number of hydrogen-bond donors (Lipinski definition) is 1. The van der Waals surface area contributed by atoms with E-state index in [9.17, 15) is 0 Å². The molecule has 78 valence electrons. The van der Waals surface area contributed by atoms with E-state index >= 15 is 0 Å². The molecule has 2 rings (SSSR count). The van der Waals surface area contributed by atoms with E-state index in [0.717, 1.165) is 5.56 Å². The standard InChI is InChI=1S/C8H7Cl2N5/c9-6-2-1-5(3-7(6)10)4-15-13-8(11)12-14-15/h1-3H,4H2,(H2,11,13). The predicted octanol–water partition coefficient (Wildman–Crippen LogP) is 1.61. The van der Waals surface area contributed by atoms with Crippen LogP contribution >= 0.6 is 23.2 Å². The molecule has 0 radical (unpaired) electrons. The van der Waals surface area contributed by atoms with Crippen molar-refractivity contribution in [1.82, 2.24) is 20.2 Å². The first kappa shape index (κ1) is 10.2. The minimum absolute atomic E-state index is 0.148. The van der Waals surface area contributed by atoms with Gasteiger partial charge in [-0.1, -0.05) is 34.4 Å². The predicted molar refractivity (Wildman–Crippen MR) is 57.8 cm³/mol. The Labute approximate surface area is 95.8 Å². The number of aromatic nitrogens is 4. The van der Waals surface area contributed by atoms with Gasteiger partial charge < -0.3 is 5.73 Å². The number of tetrazole rings is 1. The highest BCUT2D eigenvalue weighted by Crippen LogP contribution is 2.22. The summed E-state index contributed by atoms with van der Waals surface area (Å²) in [7, 11) is 0. The van der Waals surface area contributed by atoms with Crippen LogP contribution in [-0.2, 0) is 6.54 Å². The summed E-state index contributed by atoms with van der Waals surface area (Å²) in [5.41, 5.74) is 6.27. The molecule has 1 aromatic heterocycles. The summed E-state index contributed by atoms with van der Waals surface area (Å²) in [5.74, 6) is 0.148. The van der Waals surface area contributed by atoms with Crippen molar-refractivity contribution in [2.45, 2.75) is 6.54 Å². The number of benzene rings is 1. The molecule has 7 heteroatoms. The highest BCUT2D eigenvalue weighted by Gasteiger charge is 2.02. The van der Waals surface area contributed by atoms with E-state index < -0.39 is 0 Å². The number of nitrogen functional groups attached to an aromatic ring is 1. The van der Waals surface area contributed by atoms with Crippen LogP contribution in [-0.4, -0.2) is 20.2 Å². The van der Waals surface area contributed by atoms with Gasteiger partial charge in [-0.3, -0.25) is 0 Å². The van der Waals surface area contributed by atoms with Crippen LogP contribution in [0.3, 0.4) is 0 Å². The van der Waals surface area contributed by atoms with E-state index in [2.05, 4.69) is 15.4 Å². The van der Waals surface area contributed by atoms with Gasteiger partial charge in [0.25, 0.3) is 5.95 Å². The molecular weight excluding hydrogens is 237 g/mol. The molecule has 2 N–H and O–H groups in total. The Morgan fingerprint density at radius 2 is 2.07 bits per heavy atom. The molecule has 0 aliphatic heterocycles. The molecule has 0 aliphatic rings. The maximum atomic E-state index is 5.86. The van der Waals surface area contributed by atoms with Gasteiger partial charge in [0.15, 0.2) is 0 Å². The molecule has 0 fully saturated rings. The van der Waals surface area contributed by atoms with E-state index in [0.29, 0.717) is 16.6 Å². The number of hydrogen-bond acceptors (Lipinski definition) is 4. The highest BCUT2D eigenvalue weighted by atomic mass is 35.5. The lowest BCUT2D eigenvalue weighted by Gasteiger charge is -2.01. The third-order valence-corrected chi connectivity index (χ3v) is 2.52. The number of anilines is 1. The Morgan fingerprint density at radius 1 is 1.27 bits per heavy atom. The fraction of sp³-hybridized carbons (Fsp3) is 0.125. The van der Waals surface area contributed by atoms with Crippen molar-refractivity contribution in [2.24, 2.45) is 0 Å². The van der Waals surface area contributed by atoms with Crippen molar-refractivity contribution in [3.05, 3.63) is 33.8 Å². The van der Waals surface area contributed by atoms with Gasteiger partial charge in [0.1, 0.15) is 0 Å². The van der Waals surface area contributed by atoms with Gasteiger partial charge in [-0.15, -0.1) is 5.10 Å². The largest absolute Gasteiger partial charge is 0.365 e. The van der Waals surface area contributed by atoms with Crippen LogP contribution in [0.4, 0.5) is 5.95 Å². The SMILES string of the molecule is Nc1nnn(Cc2ccc(Cl)c(Cl)c2)n1. The van der Waals surface area contributed by atoms with Crippen molar-refractivity contribution in [1.29, 1.82) is 0 Å². The summed E-state index contributed by atoms with van der Waals surface area (Å²) < 4.78 is 0.